The van der Waals surface area contributed by atoms with Crippen molar-refractivity contribution in [3.05, 3.63) is 54.6 Å². The smallest absolute Gasteiger partial charge is 0.222 e. The van der Waals surface area contributed by atoms with Crippen molar-refractivity contribution in [1.29, 1.82) is 0 Å². The Morgan fingerprint density at radius 3 is 2.52 bits per heavy atom. The van der Waals surface area contributed by atoms with Gasteiger partial charge in [-0.2, -0.15) is 4.98 Å². The maximum Gasteiger partial charge on any atom is 0.222 e. The Kier molecular flexibility index (Phi) is 3.24. The van der Waals surface area contributed by atoms with Crippen LogP contribution in [0.5, 0.6) is 0 Å². The first-order chi connectivity index (χ1) is 11.2. The SMILES string of the molecule is Nc1nc(N)c2nc(Sc3cccc4ccccc34)ccc2n1. The molecule has 2 heterocycles. The molecular weight excluding hydrogens is 306 g/mol. The molecular formula is C17H13N5S. The number of fused-ring (bicyclic) bond motifs is 2. The third-order valence-electron chi connectivity index (χ3n) is 3.53. The van der Waals surface area contributed by atoms with Crippen LogP contribution in [0.1, 0.15) is 0 Å². The predicted octanol–water partition coefficient (Wildman–Crippen LogP) is 3.49. The number of hydrogen-bond donors (Lipinski definition) is 2. The van der Waals surface area contributed by atoms with Gasteiger partial charge in [-0.25, -0.2) is 9.97 Å². The van der Waals surface area contributed by atoms with Gasteiger partial charge in [0.05, 0.1) is 5.52 Å². The minimum absolute atomic E-state index is 0.159. The average molecular weight is 319 g/mol. The van der Waals surface area contributed by atoms with Crippen LogP contribution in [-0.2, 0) is 0 Å². The lowest BCUT2D eigenvalue weighted by molar-refractivity contribution is 1.15. The van der Waals surface area contributed by atoms with Crippen molar-refractivity contribution in [3.8, 4) is 0 Å². The normalized spacial score (nSPS) is 11.1. The monoisotopic (exact) mass is 319 g/mol. The molecule has 4 rings (SSSR count). The summed E-state index contributed by atoms with van der Waals surface area (Å²) in [5.41, 5.74) is 12.7. The van der Waals surface area contributed by atoms with Crippen molar-refractivity contribution >= 4 is 45.3 Å². The van der Waals surface area contributed by atoms with Gasteiger partial charge in [0.2, 0.25) is 5.95 Å². The van der Waals surface area contributed by atoms with E-state index in [0.717, 1.165) is 9.92 Å². The van der Waals surface area contributed by atoms with Crippen LogP contribution in [0.15, 0.2) is 64.5 Å². The van der Waals surface area contributed by atoms with Crippen LogP contribution < -0.4 is 11.5 Å². The second kappa shape index (κ2) is 5.40. The number of pyridine rings is 1. The maximum atomic E-state index is 5.91. The van der Waals surface area contributed by atoms with E-state index in [1.807, 2.05) is 30.3 Å². The molecule has 0 saturated carbocycles. The quantitative estimate of drug-likeness (QED) is 0.587. The Hall–Kier alpha value is -2.86. The van der Waals surface area contributed by atoms with Crippen LogP contribution in [0, 0.1) is 0 Å². The molecule has 0 saturated heterocycles. The maximum absolute atomic E-state index is 5.91. The summed E-state index contributed by atoms with van der Waals surface area (Å²) >= 11 is 1.59. The van der Waals surface area contributed by atoms with E-state index in [1.165, 1.54) is 10.8 Å². The Morgan fingerprint density at radius 1 is 0.783 bits per heavy atom. The van der Waals surface area contributed by atoms with Crippen molar-refractivity contribution in [2.75, 3.05) is 11.5 Å². The number of hydrogen-bond acceptors (Lipinski definition) is 6. The lowest BCUT2D eigenvalue weighted by atomic mass is 10.1. The van der Waals surface area contributed by atoms with Crippen LogP contribution in [0.25, 0.3) is 21.8 Å². The van der Waals surface area contributed by atoms with E-state index in [9.17, 15) is 0 Å². The highest BCUT2D eigenvalue weighted by atomic mass is 32.2. The fourth-order valence-electron chi connectivity index (χ4n) is 2.49. The largest absolute Gasteiger partial charge is 0.382 e. The number of benzene rings is 2. The number of nitrogens with two attached hydrogens (primary N) is 2. The van der Waals surface area contributed by atoms with Crippen LogP contribution >= 0.6 is 11.8 Å². The third-order valence-corrected chi connectivity index (χ3v) is 4.54. The molecule has 0 aliphatic carbocycles. The van der Waals surface area contributed by atoms with E-state index in [0.29, 0.717) is 16.9 Å². The van der Waals surface area contributed by atoms with Gasteiger partial charge in [-0.05, 0) is 29.0 Å². The van der Waals surface area contributed by atoms with Gasteiger partial charge >= 0.3 is 0 Å². The minimum Gasteiger partial charge on any atom is -0.382 e. The lowest BCUT2D eigenvalue weighted by Gasteiger charge is -2.07. The Bertz CT molecular complexity index is 1030. The first-order valence-electron chi connectivity index (χ1n) is 7.06. The number of aromatic nitrogens is 3. The molecule has 0 fully saturated rings. The van der Waals surface area contributed by atoms with Gasteiger partial charge in [0.15, 0.2) is 5.82 Å². The topological polar surface area (TPSA) is 90.7 Å². The molecule has 0 amide bonds. The van der Waals surface area contributed by atoms with Crippen LogP contribution in [0.4, 0.5) is 11.8 Å². The summed E-state index contributed by atoms with van der Waals surface area (Å²) in [5.74, 6) is 0.458. The standard InChI is InChI=1S/C17H13N5S/c18-16-15-12(20-17(19)22-16)8-9-14(21-15)23-13-7-3-5-10-4-1-2-6-11(10)13/h1-9H,(H4,18,19,20,22). The summed E-state index contributed by atoms with van der Waals surface area (Å²) in [4.78, 5) is 13.8. The summed E-state index contributed by atoms with van der Waals surface area (Å²) < 4.78 is 0. The molecule has 0 unspecified atom stereocenters. The number of nitrogens with zero attached hydrogens (tertiary/aromatic N) is 3. The van der Waals surface area contributed by atoms with E-state index >= 15 is 0 Å². The third kappa shape index (κ3) is 2.53. The first kappa shape index (κ1) is 13.8. The highest BCUT2D eigenvalue weighted by Crippen LogP contribution is 2.33. The molecule has 0 spiro atoms. The molecule has 112 valence electrons. The Balaban J connectivity index is 1.80. The van der Waals surface area contributed by atoms with Crippen LogP contribution in [0.2, 0.25) is 0 Å². The van der Waals surface area contributed by atoms with Crippen LogP contribution in [0.3, 0.4) is 0 Å². The highest BCUT2D eigenvalue weighted by molar-refractivity contribution is 7.99. The summed E-state index contributed by atoms with van der Waals surface area (Å²) in [6.07, 6.45) is 0. The second-order valence-electron chi connectivity index (χ2n) is 5.06. The van der Waals surface area contributed by atoms with E-state index in [4.69, 9.17) is 11.5 Å². The van der Waals surface area contributed by atoms with E-state index in [2.05, 4.69) is 39.2 Å². The van der Waals surface area contributed by atoms with Gasteiger partial charge in [0.25, 0.3) is 0 Å². The molecule has 0 radical (unpaired) electrons. The predicted molar refractivity (Wildman–Crippen MR) is 94.2 cm³/mol. The van der Waals surface area contributed by atoms with Gasteiger partial charge in [-0.15, -0.1) is 0 Å². The van der Waals surface area contributed by atoms with E-state index in [1.54, 1.807) is 11.8 Å². The van der Waals surface area contributed by atoms with Crippen LogP contribution in [-0.4, -0.2) is 15.0 Å². The number of anilines is 2. The molecule has 0 aliphatic heterocycles. The van der Waals surface area contributed by atoms with Crippen molar-refractivity contribution in [1.82, 2.24) is 15.0 Å². The Labute approximate surface area is 136 Å². The molecule has 0 aliphatic rings. The fraction of sp³-hybridized carbons (Fsp3) is 0. The first-order valence-corrected chi connectivity index (χ1v) is 7.88. The average Bonchev–Trinajstić information content (AvgIpc) is 2.56. The summed E-state index contributed by atoms with van der Waals surface area (Å²) in [7, 11) is 0. The molecule has 4 N–H and O–H groups in total. The molecule has 0 bridgehead atoms. The molecule has 0 atom stereocenters. The number of rotatable bonds is 2. The van der Waals surface area contributed by atoms with Crippen molar-refractivity contribution in [2.45, 2.75) is 9.92 Å². The molecule has 2 aromatic carbocycles. The fourth-order valence-corrected chi connectivity index (χ4v) is 3.43. The van der Waals surface area contributed by atoms with Gasteiger partial charge in [-0.3, -0.25) is 0 Å². The van der Waals surface area contributed by atoms with Gasteiger partial charge in [0, 0.05) is 4.90 Å². The molecule has 4 aromatic rings. The number of nitrogen functional groups attached to an aromatic ring is 2. The van der Waals surface area contributed by atoms with Crippen molar-refractivity contribution in [3.63, 3.8) is 0 Å². The minimum atomic E-state index is 0.159. The summed E-state index contributed by atoms with van der Waals surface area (Å²) in [6.45, 7) is 0. The summed E-state index contributed by atoms with van der Waals surface area (Å²) in [5, 5.41) is 3.24. The molecule has 6 heteroatoms. The zero-order valence-corrected chi connectivity index (χ0v) is 12.9. The van der Waals surface area contributed by atoms with Crippen molar-refractivity contribution in [2.24, 2.45) is 0 Å². The zero-order valence-electron chi connectivity index (χ0n) is 12.1. The summed E-state index contributed by atoms with van der Waals surface area (Å²) in [6, 6.07) is 18.3. The van der Waals surface area contributed by atoms with E-state index < -0.39 is 0 Å². The van der Waals surface area contributed by atoms with Crippen molar-refractivity contribution < 1.29 is 0 Å². The van der Waals surface area contributed by atoms with Gasteiger partial charge < -0.3 is 11.5 Å². The highest BCUT2D eigenvalue weighted by Gasteiger charge is 2.08. The van der Waals surface area contributed by atoms with Gasteiger partial charge in [0.1, 0.15) is 10.5 Å². The Morgan fingerprint density at radius 2 is 1.61 bits per heavy atom. The van der Waals surface area contributed by atoms with Gasteiger partial charge in [-0.1, -0.05) is 48.2 Å². The second-order valence-corrected chi connectivity index (χ2v) is 6.13. The zero-order chi connectivity index (χ0) is 15.8. The molecule has 23 heavy (non-hydrogen) atoms. The molecule has 2 aromatic heterocycles. The lowest BCUT2D eigenvalue weighted by Crippen LogP contribution is -2.01. The molecule has 5 nitrogen and oxygen atoms in total. The van der Waals surface area contributed by atoms with E-state index in [-0.39, 0.29) is 5.95 Å².